The Balaban J connectivity index is 1.17. The zero-order valence-electron chi connectivity index (χ0n) is 17.8. The molecule has 0 saturated carbocycles. The summed E-state index contributed by atoms with van der Waals surface area (Å²) in [4.78, 5) is 6.34. The van der Waals surface area contributed by atoms with Crippen LogP contribution in [0, 0.1) is 5.92 Å². The molecule has 6 nitrogen and oxygen atoms in total. The van der Waals surface area contributed by atoms with Crippen molar-refractivity contribution in [3.05, 3.63) is 45.1 Å². The van der Waals surface area contributed by atoms with Crippen LogP contribution >= 0.6 is 34.4 Å². The van der Waals surface area contributed by atoms with Crippen LogP contribution in [0.5, 0.6) is 11.5 Å². The van der Waals surface area contributed by atoms with Gasteiger partial charge in [-0.2, -0.15) is 0 Å². The standard InChI is InChI=1S/C23H22N4O2S3/c1-13-3-5-16-17(11-30-20(16)7-13)21-25-26-23(27(21)2)32-10-15-9-31-22(24-15)14-4-6-18-19(8-14)29-12-28-18/h4,6,8-9,11,13H,3,5,7,10,12H2,1-2H3. The van der Waals surface area contributed by atoms with Crippen molar-refractivity contribution < 1.29 is 9.47 Å². The molecular formula is C23H22N4O2S3. The smallest absolute Gasteiger partial charge is 0.231 e. The fourth-order valence-corrected chi connectivity index (χ4v) is 7.18. The second-order valence-corrected chi connectivity index (χ2v) is 11.0. The summed E-state index contributed by atoms with van der Waals surface area (Å²) in [6, 6.07) is 5.97. The number of thiazole rings is 1. The lowest BCUT2D eigenvalue weighted by atomic mass is 9.88. The normalized spacial score (nSPS) is 17.0. The van der Waals surface area contributed by atoms with Crippen LogP contribution in [0.3, 0.4) is 0 Å². The van der Waals surface area contributed by atoms with Gasteiger partial charge in [0.15, 0.2) is 22.5 Å². The molecule has 1 atom stereocenters. The molecule has 1 unspecified atom stereocenters. The number of thioether (sulfide) groups is 1. The summed E-state index contributed by atoms with van der Waals surface area (Å²) in [5.74, 6) is 4.08. The number of ether oxygens (including phenoxy) is 2. The third kappa shape index (κ3) is 3.62. The third-order valence-corrected chi connectivity index (χ3v) is 9.04. The van der Waals surface area contributed by atoms with Gasteiger partial charge in [0.25, 0.3) is 0 Å². The largest absolute Gasteiger partial charge is 0.454 e. The first-order chi connectivity index (χ1) is 15.7. The Bertz CT molecular complexity index is 1290. The predicted molar refractivity (Wildman–Crippen MR) is 129 cm³/mol. The highest BCUT2D eigenvalue weighted by molar-refractivity contribution is 7.98. The van der Waals surface area contributed by atoms with Crippen LogP contribution < -0.4 is 9.47 Å². The number of rotatable bonds is 5. The maximum absolute atomic E-state index is 5.49. The van der Waals surface area contributed by atoms with Crippen molar-refractivity contribution in [1.82, 2.24) is 19.7 Å². The molecule has 2 aliphatic rings. The van der Waals surface area contributed by atoms with Crippen LogP contribution in [0.1, 0.15) is 29.5 Å². The molecule has 4 heterocycles. The van der Waals surface area contributed by atoms with E-state index >= 15 is 0 Å². The van der Waals surface area contributed by atoms with Crippen LogP contribution in [0.2, 0.25) is 0 Å². The SMILES string of the molecule is CC1CCc2c(-c3nnc(SCc4csc(-c5ccc6c(c5)OCO6)n4)n3C)csc2C1. The molecular weight excluding hydrogens is 460 g/mol. The fourth-order valence-electron chi connectivity index (χ4n) is 4.21. The Hall–Kier alpha value is -2.36. The topological polar surface area (TPSA) is 62.1 Å². The minimum absolute atomic E-state index is 0.283. The first-order valence-electron chi connectivity index (χ1n) is 10.6. The number of aromatic nitrogens is 4. The number of benzene rings is 1. The molecule has 32 heavy (non-hydrogen) atoms. The third-order valence-electron chi connectivity index (χ3n) is 6.00. The summed E-state index contributed by atoms with van der Waals surface area (Å²) in [5.41, 5.74) is 4.83. The van der Waals surface area contributed by atoms with Gasteiger partial charge in [0, 0.05) is 39.6 Å². The minimum atomic E-state index is 0.283. The van der Waals surface area contributed by atoms with Crippen LogP contribution in [0.4, 0.5) is 0 Å². The second-order valence-electron chi connectivity index (χ2n) is 8.26. The number of fused-ring (bicyclic) bond motifs is 2. The van der Waals surface area contributed by atoms with Gasteiger partial charge in [-0.3, -0.25) is 0 Å². The van der Waals surface area contributed by atoms with E-state index in [0.717, 1.165) is 56.8 Å². The number of hydrogen-bond donors (Lipinski definition) is 0. The van der Waals surface area contributed by atoms with E-state index in [2.05, 4.69) is 39.5 Å². The molecule has 0 radical (unpaired) electrons. The van der Waals surface area contributed by atoms with Crippen molar-refractivity contribution in [2.24, 2.45) is 13.0 Å². The monoisotopic (exact) mass is 482 g/mol. The molecule has 1 aromatic carbocycles. The van der Waals surface area contributed by atoms with Crippen molar-refractivity contribution in [1.29, 1.82) is 0 Å². The first kappa shape index (κ1) is 20.3. The molecule has 0 N–H and O–H groups in total. The van der Waals surface area contributed by atoms with Crippen molar-refractivity contribution in [2.75, 3.05) is 6.79 Å². The van der Waals surface area contributed by atoms with Gasteiger partial charge < -0.3 is 14.0 Å². The number of thiophene rings is 1. The van der Waals surface area contributed by atoms with Gasteiger partial charge in [-0.15, -0.1) is 32.9 Å². The van der Waals surface area contributed by atoms with Crippen molar-refractivity contribution in [2.45, 2.75) is 37.1 Å². The van der Waals surface area contributed by atoms with Crippen LogP contribution in [-0.2, 0) is 25.6 Å². The van der Waals surface area contributed by atoms with Crippen LogP contribution in [0.25, 0.3) is 22.0 Å². The summed E-state index contributed by atoms with van der Waals surface area (Å²) in [7, 11) is 2.06. The van der Waals surface area contributed by atoms with Gasteiger partial charge >= 0.3 is 0 Å². The first-order valence-corrected chi connectivity index (χ1v) is 13.4. The molecule has 0 fully saturated rings. The maximum Gasteiger partial charge on any atom is 0.231 e. The summed E-state index contributed by atoms with van der Waals surface area (Å²) < 4.78 is 13.0. The maximum atomic E-state index is 5.49. The van der Waals surface area contributed by atoms with E-state index in [1.807, 2.05) is 29.5 Å². The summed E-state index contributed by atoms with van der Waals surface area (Å²) in [6.45, 7) is 2.63. The van der Waals surface area contributed by atoms with Gasteiger partial charge in [0.2, 0.25) is 6.79 Å². The molecule has 4 aromatic rings. The summed E-state index contributed by atoms with van der Waals surface area (Å²) >= 11 is 5.19. The van der Waals surface area contributed by atoms with Gasteiger partial charge in [0.1, 0.15) is 5.01 Å². The lowest BCUT2D eigenvalue weighted by molar-refractivity contribution is 0.174. The Morgan fingerprint density at radius 1 is 1.16 bits per heavy atom. The lowest BCUT2D eigenvalue weighted by Crippen LogP contribution is -2.09. The Labute approximate surface area is 198 Å². The van der Waals surface area contributed by atoms with E-state index in [0.29, 0.717) is 0 Å². The molecule has 6 rings (SSSR count). The molecule has 0 bridgehead atoms. The molecule has 0 saturated heterocycles. The molecule has 9 heteroatoms. The van der Waals surface area contributed by atoms with Gasteiger partial charge in [-0.05, 0) is 48.9 Å². The van der Waals surface area contributed by atoms with E-state index in [1.54, 1.807) is 23.1 Å². The van der Waals surface area contributed by atoms with Crippen molar-refractivity contribution in [3.63, 3.8) is 0 Å². The quantitative estimate of drug-likeness (QED) is 0.334. The highest BCUT2D eigenvalue weighted by Crippen LogP contribution is 2.39. The number of hydrogen-bond acceptors (Lipinski definition) is 8. The van der Waals surface area contributed by atoms with Gasteiger partial charge in [0.05, 0.1) is 5.69 Å². The predicted octanol–water partition coefficient (Wildman–Crippen LogP) is 5.81. The molecule has 0 spiro atoms. The minimum Gasteiger partial charge on any atom is -0.454 e. The average Bonchev–Trinajstić information content (AvgIpc) is 3.58. The van der Waals surface area contributed by atoms with Gasteiger partial charge in [-0.25, -0.2) is 4.98 Å². The highest BCUT2D eigenvalue weighted by Gasteiger charge is 2.24. The fraction of sp³-hybridized carbons (Fsp3) is 0.348. The summed E-state index contributed by atoms with van der Waals surface area (Å²) in [5, 5.41) is 15.3. The van der Waals surface area contributed by atoms with E-state index in [9.17, 15) is 0 Å². The second kappa shape index (κ2) is 8.20. The van der Waals surface area contributed by atoms with E-state index < -0.39 is 0 Å². The van der Waals surface area contributed by atoms with Crippen molar-refractivity contribution >= 4 is 34.4 Å². The lowest BCUT2D eigenvalue weighted by Gasteiger charge is -2.18. The van der Waals surface area contributed by atoms with E-state index in [4.69, 9.17) is 14.5 Å². The highest BCUT2D eigenvalue weighted by atomic mass is 32.2. The van der Waals surface area contributed by atoms with E-state index in [1.165, 1.54) is 28.8 Å². The van der Waals surface area contributed by atoms with Crippen LogP contribution in [0.15, 0.2) is 34.1 Å². The number of nitrogens with zero attached hydrogens (tertiary/aromatic N) is 4. The molecule has 164 valence electrons. The van der Waals surface area contributed by atoms with E-state index in [-0.39, 0.29) is 6.79 Å². The Morgan fingerprint density at radius 2 is 2.06 bits per heavy atom. The zero-order chi connectivity index (χ0) is 21.7. The molecule has 1 aliphatic heterocycles. The Kier molecular flexibility index (Phi) is 5.20. The average molecular weight is 483 g/mol. The summed E-state index contributed by atoms with van der Waals surface area (Å²) in [6.07, 6.45) is 3.59. The van der Waals surface area contributed by atoms with Crippen LogP contribution in [-0.4, -0.2) is 26.5 Å². The molecule has 3 aromatic heterocycles. The molecule has 0 amide bonds. The zero-order valence-corrected chi connectivity index (χ0v) is 20.3. The van der Waals surface area contributed by atoms with Crippen molar-refractivity contribution in [3.8, 4) is 33.5 Å². The Morgan fingerprint density at radius 3 is 3.00 bits per heavy atom. The molecule has 1 aliphatic carbocycles. The van der Waals surface area contributed by atoms with Gasteiger partial charge in [-0.1, -0.05) is 18.7 Å².